The Morgan fingerprint density at radius 1 is 1.38 bits per heavy atom. The molecule has 114 valence electrons. The number of sulfonamides is 1. The lowest BCUT2D eigenvalue weighted by Gasteiger charge is -2.35. The van der Waals surface area contributed by atoms with E-state index in [2.05, 4.69) is 21.2 Å². The van der Waals surface area contributed by atoms with E-state index in [1.165, 1.54) is 10.4 Å². The third-order valence-electron chi connectivity index (χ3n) is 4.11. The zero-order valence-electron chi connectivity index (χ0n) is 11.3. The molecule has 21 heavy (non-hydrogen) atoms. The molecule has 0 aromatic heterocycles. The third kappa shape index (κ3) is 2.45. The lowest BCUT2D eigenvalue weighted by Crippen LogP contribution is -2.48. The summed E-state index contributed by atoms with van der Waals surface area (Å²) in [6.07, 6.45) is 1.41. The lowest BCUT2D eigenvalue weighted by atomic mass is 9.93. The number of nitrogens with zero attached hydrogens (tertiary/aromatic N) is 1. The maximum Gasteiger partial charge on any atom is 0.245 e. The van der Waals surface area contributed by atoms with Crippen molar-refractivity contribution in [3.8, 4) is 0 Å². The van der Waals surface area contributed by atoms with E-state index in [4.69, 9.17) is 5.73 Å². The van der Waals surface area contributed by atoms with Gasteiger partial charge in [-0.1, -0.05) is 15.9 Å². The lowest BCUT2D eigenvalue weighted by molar-refractivity contribution is -0.123. The minimum absolute atomic E-state index is 0.0536. The monoisotopic (exact) mass is 373 g/mol. The van der Waals surface area contributed by atoms with Crippen molar-refractivity contribution < 1.29 is 13.2 Å². The molecular weight excluding hydrogens is 358 g/mol. The molecule has 2 unspecified atom stereocenters. The maximum atomic E-state index is 12.9. The fourth-order valence-electron chi connectivity index (χ4n) is 3.07. The van der Waals surface area contributed by atoms with Crippen molar-refractivity contribution >= 4 is 37.5 Å². The average Bonchev–Trinajstić information content (AvgIpc) is 2.83. The van der Waals surface area contributed by atoms with Crippen LogP contribution >= 0.6 is 15.9 Å². The molecule has 2 heterocycles. The third-order valence-corrected chi connectivity index (χ3v) is 6.59. The SMILES string of the molecule is Nc1ccc(Br)cc1S(=O)(=O)N1CCCC2C(=O)NCC21. The fraction of sp³-hybridized carbons (Fsp3) is 0.462. The number of hydrogen-bond donors (Lipinski definition) is 2. The van der Waals surface area contributed by atoms with Crippen LogP contribution in [0.5, 0.6) is 0 Å². The van der Waals surface area contributed by atoms with Crippen LogP contribution in [0.1, 0.15) is 12.8 Å². The summed E-state index contributed by atoms with van der Waals surface area (Å²) in [5.41, 5.74) is 6.06. The van der Waals surface area contributed by atoms with E-state index < -0.39 is 10.0 Å². The van der Waals surface area contributed by atoms with Crippen molar-refractivity contribution in [3.05, 3.63) is 22.7 Å². The van der Waals surface area contributed by atoms with E-state index >= 15 is 0 Å². The highest BCUT2D eigenvalue weighted by Gasteiger charge is 2.45. The van der Waals surface area contributed by atoms with Crippen LogP contribution in [-0.2, 0) is 14.8 Å². The normalized spacial score (nSPS) is 26.4. The zero-order valence-corrected chi connectivity index (χ0v) is 13.7. The van der Waals surface area contributed by atoms with E-state index in [9.17, 15) is 13.2 Å². The van der Waals surface area contributed by atoms with Crippen molar-refractivity contribution in [1.29, 1.82) is 0 Å². The first-order valence-electron chi connectivity index (χ1n) is 6.76. The Morgan fingerprint density at radius 2 is 2.14 bits per heavy atom. The second kappa shape index (κ2) is 5.26. The number of piperidine rings is 1. The molecule has 2 aliphatic heterocycles. The molecule has 3 N–H and O–H groups in total. The van der Waals surface area contributed by atoms with Crippen LogP contribution in [-0.4, -0.2) is 37.8 Å². The molecule has 0 saturated carbocycles. The van der Waals surface area contributed by atoms with E-state index in [-0.39, 0.29) is 28.4 Å². The molecule has 0 bridgehead atoms. The Morgan fingerprint density at radius 3 is 2.90 bits per heavy atom. The Labute approximate surface area is 131 Å². The first-order chi connectivity index (χ1) is 9.91. The van der Waals surface area contributed by atoms with E-state index in [1.54, 1.807) is 12.1 Å². The fourth-order valence-corrected chi connectivity index (χ4v) is 5.42. The van der Waals surface area contributed by atoms with Gasteiger partial charge < -0.3 is 11.1 Å². The molecule has 2 saturated heterocycles. The number of carbonyl (C=O) groups excluding carboxylic acids is 1. The molecule has 0 radical (unpaired) electrons. The summed E-state index contributed by atoms with van der Waals surface area (Å²) in [6.45, 7) is 0.793. The molecule has 0 aliphatic carbocycles. The first-order valence-corrected chi connectivity index (χ1v) is 8.99. The van der Waals surface area contributed by atoms with Gasteiger partial charge in [0, 0.05) is 17.6 Å². The highest BCUT2D eigenvalue weighted by Crippen LogP contribution is 2.34. The predicted octanol–water partition coefficient (Wildman–Crippen LogP) is 0.930. The first kappa shape index (κ1) is 14.8. The van der Waals surface area contributed by atoms with Crippen LogP contribution in [0.4, 0.5) is 5.69 Å². The number of rotatable bonds is 2. The summed E-state index contributed by atoms with van der Waals surface area (Å²) in [5, 5.41) is 2.76. The van der Waals surface area contributed by atoms with Crippen LogP contribution in [0, 0.1) is 5.92 Å². The smallest absolute Gasteiger partial charge is 0.245 e. The number of fused-ring (bicyclic) bond motifs is 1. The summed E-state index contributed by atoms with van der Waals surface area (Å²) in [7, 11) is -3.71. The topological polar surface area (TPSA) is 92.5 Å². The highest BCUT2D eigenvalue weighted by atomic mass is 79.9. The number of amides is 1. The van der Waals surface area contributed by atoms with Crippen molar-refractivity contribution in [3.63, 3.8) is 0 Å². The zero-order chi connectivity index (χ0) is 15.2. The predicted molar refractivity (Wildman–Crippen MR) is 82.0 cm³/mol. The number of benzene rings is 1. The van der Waals surface area contributed by atoms with Gasteiger partial charge in [-0.2, -0.15) is 4.31 Å². The number of nitrogens with one attached hydrogen (secondary N) is 1. The molecule has 2 atom stereocenters. The molecule has 2 fully saturated rings. The second-order valence-corrected chi connectivity index (χ2v) is 8.13. The van der Waals surface area contributed by atoms with Gasteiger partial charge in [0.25, 0.3) is 0 Å². The van der Waals surface area contributed by atoms with E-state index in [1.807, 2.05) is 0 Å². The van der Waals surface area contributed by atoms with E-state index in [0.29, 0.717) is 24.0 Å². The number of carbonyl (C=O) groups is 1. The van der Waals surface area contributed by atoms with E-state index in [0.717, 1.165) is 6.42 Å². The largest absolute Gasteiger partial charge is 0.398 e. The highest BCUT2D eigenvalue weighted by molar-refractivity contribution is 9.10. The molecule has 1 aromatic rings. The van der Waals surface area contributed by atoms with Gasteiger partial charge in [-0.3, -0.25) is 4.79 Å². The van der Waals surface area contributed by atoms with Crippen LogP contribution in [0.25, 0.3) is 0 Å². The summed E-state index contributed by atoms with van der Waals surface area (Å²) >= 11 is 3.27. The molecule has 0 spiro atoms. The molecule has 1 aromatic carbocycles. The average molecular weight is 374 g/mol. The van der Waals surface area contributed by atoms with Gasteiger partial charge in [0.1, 0.15) is 4.90 Å². The molecule has 1 amide bonds. The number of nitrogens with two attached hydrogens (primary N) is 1. The van der Waals surface area contributed by atoms with Crippen LogP contribution in [0.2, 0.25) is 0 Å². The number of hydrogen-bond acceptors (Lipinski definition) is 4. The maximum absolute atomic E-state index is 12.9. The van der Waals surface area contributed by atoms with Crippen LogP contribution in [0.15, 0.2) is 27.6 Å². The Kier molecular flexibility index (Phi) is 3.71. The van der Waals surface area contributed by atoms with Crippen molar-refractivity contribution in [1.82, 2.24) is 9.62 Å². The number of halogens is 1. The van der Waals surface area contributed by atoms with Gasteiger partial charge in [0.05, 0.1) is 17.6 Å². The minimum Gasteiger partial charge on any atom is -0.398 e. The Hall–Kier alpha value is -1.12. The van der Waals surface area contributed by atoms with Gasteiger partial charge in [-0.05, 0) is 31.0 Å². The summed E-state index contributed by atoms with van der Waals surface area (Å²) in [5.74, 6) is -0.302. The van der Waals surface area contributed by atoms with Gasteiger partial charge >= 0.3 is 0 Å². The van der Waals surface area contributed by atoms with Crippen molar-refractivity contribution in [2.45, 2.75) is 23.8 Å². The second-order valence-electron chi connectivity index (χ2n) is 5.36. The molecule has 8 heteroatoms. The van der Waals surface area contributed by atoms with Crippen molar-refractivity contribution in [2.24, 2.45) is 5.92 Å². The Balaban J connectivity index is 2.01. The summed E-state index contributed by atoms with van der Waals surface area (Å²) < 4.78 is 27.9. The van der Waals surface area contributed by atoms with Crippen molar-refractivity contribution in [2.75, 3.05) is 18.8 Å². The standard InChI is InChI=1S/C13H16BrN3O3S/c14-8-3-4-10(15)12(6-8)21(19,20)17-5-1-2-9-11(17)7-16-13(9)18/h3-4,6,9,11H,1-2,5,7,15H2,(H,16,18). The molecule has 3 rings (SSSR count). The van der Waals surface area contributed by atoms with Gasteiger partial charge in [-0.15, -0.1) is 0 Å². The van der Waals surface area contributed by atoms with Crippen LogP contribution in [0.3, 0.4) is 0 Å². The minimum atomic E-state index is -3.71. The van der Waals surface area contributed by atoms with Gasteiger partial charge in [-0.25, -0.2) is 8.42 Å². The summed E-state index contributed by atoms with van der Waals surface area (Å²) in [4.78, 5) is 11.9. The van der Waals surface area contributed by atoms with Gasteiger partial charge in [0.15, 0.2) is 0 Å². The summed E-state index contributed by atoms with van der Waals surface area (Å²) in [6, 6.07) is 4.47. The molecular formula is C13H16BrN3O3S. The quantitative estimate of drug-likeness (QED) is 0.754. The molecule has 2 aliphatic rings. The Bertz CT molecular complexity index is 692. The number of anilines is 1. The number of nitrogen functional groups attached to an aromatic ring is 1. The van der Waals surface area contributed by atoms with Gasteiger partial charge in [0.2, 0.25) is 15.9 Å². The molecule has 6 nitrogen and oxygen atoms in total. The van der Waals surface area contributed by atoms with Crippen LogP contribution < -0.4 is 11.1 Å².